The summed E-state index contributed by atoms with van der Waals surface area (Å²) in [6.07, 6.45) is 6.52. The summed E-state index contributed by atoms with van der Waals surface area (Å²) in [7, 11) is 1.55. The molecule has 0 aliphatic rings. The van der Waals surface area contributed by atoms with Crippen molar-refractivity contribution in [1.82, 2.24) is 4.98 Å². The highest BCUT2D eigenvalue weighted by molar-refractivity contribution is 5.69. The van der Waals surface area contributed by atoms with Gasteiger partial charge in [-0.2, -0.15) is 0 Å². The van der Waals surface area contributed by atoms with Crippen molar-refractivity contribution in [3.63, 3.8) is 0 Å². The molecule has 1 heterocycles. The highest BCUT2D eigenvalue weighted by Crippen LogP contribution is 2.11. The van der Waals surface area contributed by atoms with Gasteiger partial charge in [-0.15, -0.1) is 0 Å². The molecular formula is C11H12N2O. The second-order valence-corrected chi connectivity index (χ2v) is 2.47. The van der Waals surface area contributed by atoms with Gasteiger partial charge in [0, 0.05) is 6.20 Å². The van der Waals surface area contributed by atoms with Crippen LogP contribution in [0, 0.1) is 0 Å². The molecule has 1 rings (SSSR count). The fourth-order valence-electron chi connectivity index (χ4n) is 0.930. The summed E-state index contributed by atoms with van der Waals surface area (Å²) < 4.78 is 4.75. The Labute approximate surface area is 83.5 Å². The molecular weight excluding hydrogens is 176 g/mol. The van der Waals surface area contributed by atoms with Gasteiger partial charge in [0.05, 0.1) is 18.5 Å². The van der Waals surface area contributed by atoms with Crippen molar-refractivity contribution in [2.75, 3.05) is 7.11 Å². The molecule has 14 heavy (non-hydrogen) atoms. The number of allylic oxidation sites excluding steroid dienone is 2. The van der Waals surface area contributed by atoms with E-state index >= 15 is 0 Å². The van der Waals surface area contributed by atoms with Crippen LogP contribution in [-0.4, -0.2) is 18.5 Å². The van der Waals surface area contributed by atoms with E-state index in [1.54, 1.807) is 25.5 Å². The number of hydrogen-bond acceptors (Lipinski definition) is 3. The smallest absolute Gasteiger partial charge is 0.174 e. The zero-order chi connectivity index (χ0) is 10.2. The number of rotatable bonds is 4. The summed E-state index contributed by atoms with van der Waals surface area (Å²) >= 11 is 0. The second kappa shape index (κ2) is 5.70. The van der Waals surface area contributed by atoms with Crippen LogP contribution in [0.3, 0.4) is 0 Å². The molecule has 0 saturated carbocycles. The topological polar surface area (TPSA) is 34.5 Å². The molecule has 0 aromatic carbocycles. The number of ether oxygens (including phenoxy) is 1. The Bertz CT molecular complexity index is 342. The van der Waals surface area contributed by atoms with Gasteiger partial charge in [-0.05, 0) is 18.2 Å². The van der Waals surface area contributed by atoms with Gasteiger partial charge >= 0.3 is 0 Å². The number of aliphatic imine (C=N–C) groups is 1. The molecule has 0 saturated heterocycles. The standard InChI is InChI=1S/C11H12N2O/c1-3-6-10(13-9-14-2)11-7-4-5-8-12-11/h3-9H,1H2,2H3/b10-6-,13-9-. The minimum Gasteiger partial charge on any atom is -0.486 e. The Balaban J connectivity index is 2.95. The lowest BCUT2D eigenvalue weighted by Crippen LogP contribution is -1.86. The first-order chi connectivity index (χ1) is 6.88. The Morgan fingerprint density at radius 3 is 3.00 bits per heavy atom. The van der Waals surface area contributed by atoms with E-state index in [0.717, 1.165) is 11.4 Å². The average molecular weight is 188 g/mol. The first kappa shape index (κ1) is 10.2. The van der Waals surface area contributed by atoms with E-state index < -0.39 is 0 Å². The van der Waals surface area contributed by atoms with Crippen LogP contribution < -0.4 is 0 Å². The number of hydrogen-bond donors (Lipinski definition) is 0. The Kier molecular flexibility index (Phi) is 4.14. The summed E-state index contributed by atoms with van der Waals surface area (Å²) in [5.74, 6) is 0. The minimum absolute atomic E-state index is 0.724. The Hall–Kier alpha value is -1.90. The van der Waals surface area contributed by atoms with Crippen LogP contribution in [0.15, 0.2) is 48.1 Å². The molecule has 0 N–H and O–H groups in total. The Morgan fingerprint density at radius 2 is 2.43 bits per heavy atom. The van der Waals surface area contributed by atoms with Crippen molar-refractivity contribution in [2.45, 2.75) is 0 Å². The maximum Gasteiger partial charge on any atom is 0.174 e. The first-order valence-electron chi connectivity index (χ1n) is 4.18. The third-order valence-corrected chi connectivity index (χ3v) is 1.50. The van der Waals surface area contributed by atoms with Crippen LogP contribution in [0.25, 0.3) is 5.70 Å². The van der Waals surface area contributed by atoms with Crippen LogP contribution in [0.4, 0.5) is 0 Å². The maximum absolute atomic E-state index is 4.75. The van der Waals surface area contributed by atoms with Crippen molar-refractivity contribution in [3.05, 3.63) is 48.8 Å². The van der Waals surface area contributed by atoms with Gasteiger partial charge in [0.1, 0.15) is 0 Å². The summed E-state index contributed by atoms with van der Waals surface area (Å²) in [4.78, 5) is 8.25. The van der Waals surface area contributed by atoms with E-state index in [1.165, 1.54) is 6.40 Å². The van der Waals surface area contributed by atoms with Crippen molar-refractivity contribution >= 4 is 12.1 Å². The Morgan fingerprint density at radius 1 is 1.57 bits per heavy atom. The highest BCUT2D eigenvalue weighted by atomic mass is 16.5. The molecule has 1 aromatic heterocycles. The molecule has 0 fully saturated rings. The van der Waals surface area contributed by atoms with Crippen molar-refractivity contribution in [3.8, 4) is 0 Å². The van der Waals surface area contributed by atoms with E-state index in [4.69, 9.17) is 4.74 Å². The van der Waals surface area contributed by atoms with Gasteiger partial charge in [-0.3, -0.25) is 4.98 Å². The molecule has 0 unspecified atom stereocenters. The van der Waals surface area contributed by atoms with E-state index in [0.29, 0.717) is 0 Å². The molecule has 0 aliphatic carbocycles. The van der Waals surface area contributed by atoms with E-state index in [2.05, 4.69) is 16.6 Å². The molecule has 0 bridgehead atoms. The third kappa shape index (κ3) is 2.86. The fraction of sp³-hybridized carbons (Fsp3) is 0.0909. The lowest BCUT2D eigenvalue weighted by Gasteiger charge is -1.98. The quantitative estimate of drug-likeness (QED) is 0.412. The van der Waals surface area contributed by atoms with Gasteiger partial charge in [0.15, 0.2) is 6.40 Å². The first-order valence-corrected chi connectivity index (χ1v) is 4.18. The van der Waals surface area contributed by atoms with Gasteiger partial charge in [-0.1, -0.05) is 18.7 Å². The molecule has 0 aliphatic heterocycles. The van der Waals surface area contributed by atoms with Gasteiger partial charge in [0.2, 0.25) is 0 Å². The molecule has 0 spiro atoms. The number of aromatic nitrogens is 1. The average Bonchev–Trinajstić information content (AvgIpc) is 2.25. The monoisotopic (exact) mass is 188 g/mol. The van der Waals surface area contributed by atoms with E-state index in [9.17, 15) is 0 Å². The lowest BCUT2D eigenvalue weighted by molar-refractivity contribution is 0.423. The summed E-state index contributed by atoms with van der Waals surface area (Å²) in [6.45, 7) is 3.62. The molecule has 72 valence electrons. The zero-order valence-electron chi connectivity index (χ0n) is 8.05. The van der Waals surface area contributed by atoms with Gasteiger partial charge < -0.3 is 4.74 Å². The predicted molar refractivity (Wildman–Crippen MR) is 57.9 cm³/mol. The van der Waals surface area contributed by atoms with Crippen LogP contribution >= 0.6 is 0 Å². The van der Waals surface area contributed by atoms with Gasteiger partial charge in [0.25, 0.3) is 0 Å². The van der Waals surface area contributed by atoms with E-state index in [-0.39, 0.29) is 0 Å². The van der Waals surface area contributed by atoms with Crippen molar-refractivity contribution < 1.29 is 4.74 Å². The summed E-state index contributed by atoms with van der Waals surface area (Å²) in [5.41, 5.74) is 1.52. The predicted octanol–water partition coefficient (Wildman–Crippen LogP) is 2.28. The van der Waals surface area contributed by atoms with Crippen LogP contribution in [0.1, 0.15) is 5.69 Å². The third-order valence-electron chi connectivity index (χ3n) is 1.50. The molecule has 0 atom stereocenters. The van der Waals surface area contributed by atoms with E-state index in [1.807, 2.05) is 18.2 Å². The van der Waals surface area contributed by atoms with Gasteiger partial charge in [-0.25, -0.2) is 4.99 Å². The summed E-state index contributed by atoms with van der Waals surface area (Å²) in [5, 5.41) is 0. The molecule has 0 radical (unpaired) electrons. The summed E-state index contributed by atoms with van der Waals surface area (Å²) in [6, 6.07) is 5.64. The fourth-order valence-corrected chi connectivity index (χ4v) is 0.930. The van der Waals surface area contributed by atoms with Crippen molar-refractivity contribution in [1.29, 1.82) is 0 Å². The molecule has 3 nitrogen and oxygen atoms in total. The molecule has 3 heteroatoms. The highest BCUT2D eigenvalue weighted by Gasteiger charge is 1.97. The molecule has 0 amide bonds. The normalized spacial score (nSPS) is 11.6. The lowest BCUT2D eigenvalue weighted by atomic mass is 10.2. The number of pyridine rings is 1. The number of nitrogens with zero attached hydrogens (tertiary/aromatic N) is 2. The SMILES string of the molecule is C=C/C=C(\N=C/OC)c1ccccn1. The molecule has 1 aromatic rings. The second-order valence-electron chi connectivity index (χ2n) is 2.47. The van der Waals surface area contributed by atoms with Crippen LogP contribution in [0.2, 0.25) is 0 Å². The maximum atomic E-state index is 4.75. The minimum atomic E-state index is 0.724. The van der Waals surface area contributed by atoms with Crippen LogP contribution in [-0.2, 0) is 4.74 Å². The largest absolute Gasteiger partial charge is 0.486 e. The van der Waals surface area contributed by atoms with Crippen molar-refractivity contribution in [2.24, 2.45) is 4.99 Å². The van der Waals surface area contributed by atoms with Crippen LogP contribution in [0.5, 0.6) is 0 Å². The zero-order valence-corrected chi connectivity index (χ0v) is 8.05. The number of methoxy groups -OCH3 is 1.